The third kappa shape index (κ3) is 1.72. The van der Waals surface area contributed by atoms with E-state index in [0.717, 1.165) is 17.4 Å². The van der Waals surface area contributed by atoms with Gasteiger partial charge in [-0.1, -0.05) is 44.2 Å². The number of fused-ring (bicyclic) bond motifs is 1. The summed E-state index contributed by atoms with van der Waals surface area (Å²) in [6, 6.07) is 10.5. The van der Waals surface area contributed by atoms with Crippen molar-refractivity contribution in [2.75, 3.05) is 0 Å². The molecule has 0 aliphatic heterocycles. The highest BCUT2D eigenvalue weighted by Crippen LogP contribution is 2.58. The number of hydrogen-bond acceptors (Lipinski definition) is 1. The number of aliphatic hydroxyl groups is 1. The lowest BCUT2D eigenvalue weighted by Crippen LogP contribution is -2.05. The molecule has 2 atom stereocenters. The molecule has 3 rings (SSSR count). The third-order valence-electron chi connectivity index (χ3n) is 4.19. The molecule has 1 saturated carbocycles. The van der Waals surface area contributed by atoms with Gasteiger partial charge >= 0.3 is 0 Å². The molecule has 0 amide bonds. The maximum absolute atomic E-state index is 13.7. The molecule has 1 aliphatic rings. The second-order valence-electron chi connectivity index (χ2n) is 5.93. The number of benzene rings is 2. The molecular formula is C16H17FO. The van der Waals surface area contributed by atoms with E-state index >= 15 is 0 Å². The Balaban J connectivity index is 2.10. The Kier molecular flexibility index (Phi) is 2.46. The molecule has 0 aromatic heterocycles. The van der Waals surface area contributed by atoms with Gasteiger partial charge in [-0.25, -0.2) is 4.39 Å². The summed E-state index contributed by atoms with van der Waals surface area (Å²) in [7, 11) is 0. The lowest BCUT2D eigenvalue weighted by Gasteiger charge is -2.15. The second-order valence-corrected chi connectivity index (χ2v) is 5.93. The molecule has 2 heteroatoms. The molecule has 1 aliphatic carbocycles. The number of aliphatic hydroxyl groups excluding tert-OH is 1. The maximum atomic E-state index is 13.7. The van der Waals surface area contributed by atoms with Crippen LogP contribution in [0.4, 0.5) is 4.39 Å². The summed E-state index contributed by atoms with van der Waals surface area (Å²) in [5.74, 6) is 0.0583. The Morgan fingerprint density at radius 2 is 1.78 bits per heavy atom. The fourth-order valence-electron chi connectivity index (χ4n) is 2.81. The normalized spacial score (nSPS) is 23.0. The van der Waals surface area contributed by atoms with Crippen LogP contribution in [0.2, 0.25) is 0 Å². The summed E-state index contributed by atoms with van der Waals surface area (Å²) >= 11 is 0. The summed E-state index contributed by atoms with van der Waals surface area (Å²) in [4.78, 5) is 0. The zero-order valence-corrected chi connectivity index (χ0v) is 10.7. The van der Waals surface area contributed by atoms with E-state index < -0.39 is 6.10 Å². The SMILES string of the molecule is CC1(C)CC1C(O)c1ccc(F)c2ccccc12. The zero-order valence-electron chi connectivity index (χ0n) is 10.7. The molecule has 0 radical (unpaired) electrons. The predicted octanol–water partition coefficient (Wildman–Crippen LogP) is 4.06. The van der Waals surface area contributed by atoms with Crippen LogP contribution in [0.25, 0.3) is 10.8 Å². The first-order valence-electron chi connectivity index (χ1n) is 6.36. The molecule has 1 N–H and O–H groups in total. The third-order valence-corrected chi connectivity index (χ3v) is 4.19. The van der Waals surface area contributed by atoms with Crippen LogP contribution in [0, 0.1) is 17.2 Å². The molecule has 18 heavy (non-hydrogen) atoms. The molecule has 2 unspecified atom stereocenters. The Bertz CT molecular complexity index is 603. The van der Waals surface area contributed by atoms with Gasteiger partial charge in [0.05, 0.1) is 6.10 Å². The Morgan fingerprint density at radius 3 is 2.39 bits per heavy atom. The quantitative estimate of drug-likeness (QED) is 0.844. The van der Waals surface area contributed by atoms with Gasteiger partial charge in [0, 0.05) is 5.39 Å². The van der Waals surface area contributed by atoms with Crippen LogP contribution in [-0.4, -0.2) is 5.11 Å². The largest absolute Gasteiger partial charge is 0.388 e. The Labute approximate surface area is 106 Å². The lowest BCUT2D eigenvalue weighted by atomic mass is 9.95. The van der Waals surface area contributed by atoms with Crippen molar-refractivity contribution in [2.45, 2.75) is 26.4 Å². The number of hydrogen-bond donors (Lipinski definition) is 1. The number of rotatable bonds is 2. The van der Waals surface area contributed by atoms with Crippen LogP contribution in [0.5, 0.6) is 0 Å². The molecule has 2 aromatic rings. The first-order valence-corrected chi connectivity index (χ1v) is 6.36. The van der Waals surface area contributed by atoms with Crippen LogP contribution < -0.4 is 0 Å². The summed E-state index contributed by atoms with van der Waals surface area (Å²) in [6.07, 6.45) is 0.533. The number of halogens is 1. The van der Waals surface area contributed by atoms with E-state index in [1.165, 1.54) is 6.07 Å². The standard InChI is InChI=1S/C16H17FO/c1-16(2)9-13(16)15(18)12-7-8-14(17)11-6-4-3-5-10(11)12/h3-8,13,15,18H,9H2,1-2H3. The van der Waals surface area contributed by atoms with Gasteiger partial charge in [0.25, 0.3) is 0 Å². The van der Waals surface area contributed by atoms with Crippen molar-refractivity contribution in [1.82, 2.24) is 0 Å². The highest BCUT2D eigenvalue weighted by atomic mass is 19.1. The van der Waals surface area contributed by atoms with Crippen molar-refractivity contribution in [3.8, 4) is 0 Å². The van der Waals surface area contributed by atoms with E-state index in [0.29, 0.717) is 5.39 Å². The van der Waals surface area contributed by atoms with E-state index in [1.54, 1.807) is 12.1 Å². The molecular weight excluding hydrogens is 227 g/mol. The van der Waals surface area contributed by atoms with Crippen molar-refractivity contribution in [1.29, 1.82) is 0 Å². The van der Waals surface area contributed by atoms with Crippen LogP contribution in [0.3, 0.4) is 0 Å². The van der Waals surface area contributed by atoms with Crippen molar-refractivity contribution >= 4 is 10.8 Å². The van der Waals surface area contributed by atoms with E-state index in [4.69, 9.17) is 0 Å². The van der Waals surface area contributed by atoms with Gasteiger partial charge in [-0.2, -0.15) is 0 Å². The average Bonchev–Trinajstić information content (AvgIpc) is 2.99. The lowest BCUT2D eigenvalue weighted by molar-refractivity contribution is 0.140. The smallest absolute Gasteiger partial charge is 0.131 e. The van der Waals surface area contributed by atoms with Crippen molar-refractivity contribution < 1.29 is 9.50 Å². The average molecular weight is 244 g/mol. The van der Waals surface area contributed by atoms with Crippen molar-refractivity contribution in [3.05, 3.63) is 47.8 Å². The van der Waals surface area contributed by atoms with Crippen LogP contribution in [0.15, 0.2) is 36.4 Å². The van der Waals surface area contributed by atoms with Gasteiger partial charge in [-0.05, 0) is 34.8 Å². The van der Waals surface area contributed by atoms with Crippen LogP contribution in [0.1, 0.15) is 31.9 Å². The second kappa shape index (κ2) is 3.79. The molecule has 0 bridgehead atoms. The van der Waals surface area contributed by atoms with Gasteiger partial charge < -0.3 is 5.11 Å². The fourth-order valence-corrected chi connectivity index (χ4v) is 2.81. The van der Waals surface area contributed by atoms with Crippen molar-refractivity contribution in [3.63, 3.8) is 0 Å². The van der Waals surface area contributed by atoms with Crippen LogP contribution in [-0.2, 0) is 0 Å². The first-order chi connectivity index (χ1) is 8.50. The van der Waals surface area contributed by atoms with E-state index in [1.807, 2.05) is 18.2 Å². The Hall–Kier alpha value is -1.41. The zero-order chi connectivity index (χ0) is 12.9. The Morgan fingerprint density at radius 1 is 1.17 bits per heavy atom. The minimum atomic E-state index is -0.495. The van der Waals surface area contributed by atoms with Gasteiger partial charge in [0.1, 0.15) is 5.82 Å². The fraction of sp³-hybridized carbons (Fsp3) is 0.375. The topological polar surface area (TPSA) is 20.2 Å². The van der Waals surface area contributed by atoms with Gasteiger partial charge in [0.15, 0.2) is 0 Å². The molecule has 94 valence electrons. The summed E-state index contributed by atoms with van der Waals surface area (Å²) in [5.41, 5.74) is 1.05. The molecule has 0 heterocycles. The van der Waals surface area contributed by atoms with Gasteiger partial charge in [0.2, 0.25) is 0 Å². The minimum Gasteiger partial charge on any atom is -0.388 e. The summed E-state index contributed by atoms with van der Waals surface area (Å²) in [6.45, 7) is 4.32. The highest BCUT2D eigenvalue weighted by molar-refractivity contribution is 5.86. The predicted molar refractivity (Wildman–Crippen MR) is 70.8 cm³/mol. The van der Waals surface area contributed by atoms with E-state index in [2.05, 4.69) is 13.8 Å². The van der Waals surface area contributed by atoms with E-state index in [9.17, 15) is 9.50 Å². The monoisotopic (exact) mass is 244 g/mol. The van der Waals surface area contributed by atoms with Crippen molar-refractivity contribution in [2.24, 2.45) is 11.3 Å². The molecule has 0 spiro atoms. The van der Waals surface area contributed by atoms with E-state index in [-0.39, 0.29) is 17.2 Å². The molecule has 1 nitrogen and oxygen atoms in total. The van der Waals surface area contributed by atoms with Crippen LogP contribution >= 0.6 is 0 Å². The first kappa shape index (κ1) is 11.7. The molecule has 0 saturated heterocycles. The molecule has 2 aromatic carbocycles. The maximum Gasteiger partial charge on any atom is 0.131 e. The van der Waals surface area contributed by atoms with Gasteiger partial charge in [-0.3, -0.25) is 0 Å². The highest BCUT2D eigenvalue weighted by Gasteiger charge is 2.50. The van der Waals surface area contributed by atoms with Gasteiger partial charge in [-0.15, -0.1) is 0 Å². The minimum absolute atomic E-state index is 0.203. The summed E-state index contributed by atoms with van der Waals surface area (Å²) in [5, 5.41) is 11.9. The summed E-state index contributed by atoms with van der Waals surface area (Å²) < 4.78 is 13.7. The molecule has 1 fully saturated rings.